The lowest BCUT2D eigenvalue weighted by Gasteiger charge is -2.24. The van der Waals surface area contributed by atoms with Crippen LogP contribution in [0.2, 0.25) is 0 Å². The minimum Gasteiger partial charge on any atom is -0.326 e. The van der Waals surface area contributed by atoms with E-state index in [1.807, 2.05) is 24.3 Å². The van der Waals surface area contributed by atoms with E-state index in [1.54, 1.807) is 0 Å². The molecule has 0 aliphatic carbocycles. The number of hydrogen-bond donors (Lipinski definition) is 2. The number of para-hydroxylation sites is 1. The third-order valence-corrected chi connectivity index (χ3v) is 4.91. The molecule has 2 heterocycles. The first-order valence-electron chi connectivity index (χ1n) is 8.19. The second-order valence-corrected chi connectivity index (χ2v) is 6.90. The molecule has 0 fully saturated rings. The van der Waals surface area contributed by atoms with Gasteiger partial charge in [0.1, 0.15) is 5.01 Å². The second-order valence-electron chi connectivity index (χ2n) is 5.84. The second kappa shape index (κ2) is 7.53. The Balaban J connectivity index is 1.68. The van der Waals surface area contributed by atoms with Gasteiger partial charge in [-0.05, 0) is 18.1 Å². The third kappa shape index (κ3) is 3.79. The Bertz CT molecular complexity index is 744. The van der Waals surface area contributed by atoms with Crippen molar-refractivity contribution >= 4 is 34.0 Å². The summed E-state index contributed by atoms with van der Waals surface area (Å²) in [4.78, 5) is 24.4. The molecule has 0 radical (unpaired) electrons. The van der Waals surface area contributed by atoms with Crippen LogP contribution in [-0.2, 0) is 16.0 Å². The molecule has 1 aliphatic rings. The molecule has 1 aliphatic heterocycles. The minimum atomic E-state index is -0.498. The van der Waals surface area contributed by atoms with Gasteiger partial charge < -0.3 is 5.32 Å². The van der Waals surface area contributed by atoms with Crippen LogP contribution in [0.25, 0.3) is 0 Å². The maximum Gasteiger partial charge on any atom is 0.234 e. The Morgan fingerprint density at radius 1 is 1.33 bits per heavy atom. The molecule has 1 aromatic carbocycles. The van der Waals surface area contributed by atoms with Crippen LogP contribution in [0.5, 0.6) is 0 Å². The van der Waals surface area contributed by atoms with Crippen molar-refractivity contribution in [2.75, 3.05) is 10.6 Å². The van der Waals surface area contributed by atoms with E-state index in [2.05, 4.69) is 27.8 Å². The van der Waals surface area contributed by atoms with Crippen LogP contribution in [0.3, 0.4) is 0 Å². The summed E-state index contributed by atoms with van der Waals surface area (Å²) in [5, 5.41) is 15.2. The highest BCUT2D eigenvalue weighted by molar-refractivity contribution is 7.15. The van der Waals surface area contributed by atoms with Crippen LogP contribution in [-0.4, -0.2) is 22.0 Å². The van der Waals surface area contributed by atoms with Crippen molar-refractivity contribution in [3.8, 4) is 0 Å². The fourth-order valence-corrected chi connectivity index (χ4v) is 3.55. The number of nitrogens with one attached hydrogen (secondary N) is 2. The lowest BCUT2D eigenvalue weighted by molar-refractivity contribution is -0.123. The zero-order chi connectivity index (χ0) is 16.9. The number of aromatic nitrogens is 2. The molecule has 1 aromatic heterocycles. The van der Waals surface area contributed by atoms with Crippen molar-refractivity contribution in [3.63, 3.8) is 0 Å². The average Bonchev–Trinajstić information content (AvgIpc) is 3.01. The Labute approximate surface area is 144 Å². The van der Waals surface area contributed by atoms with Crippen molar-refractivity contribution < 1.29 is 9.59 Å². The largest absolute Gasteiger partial charge is 0.326 e. The van der Waals surface area contributed by atoms with Crippen LogP contribution >= 0.6 is 11.3 Å². The molecule has 0 unspecified atom stereocenters. The van der Waals surface area contributed by atoms with Gasteiger partial charge in [0.25, 0.3) is 0 Å². The molecule has 0 saturated heterocycles. The van der Waals surface area contributed by atoms with Crippen LogP contribution in [0, 0.1) is 0 Å². The zero-order valence-corrected chi connectivity index (χ0v) is 14.4. The highest BCUT2D eigenvalue weighted by Gasteiger charge is 2.30. The summed E-state index contributed by atoms with van der Waals surface area (Å²) < 4.78 is 0. The molecule has 1 atom stereocenters. The molecule has 0 saturated carbocycles. The normalized spacial score (nSPS) is 16.4. The van der Waals surface area contributed by atoms with Gasteiger partial charge in [-0.3, -0.25) is 14.9 Å². The number of anilines is 2. The Morgan fingerprint density at radius 3 is 3.00 bits per heavy atom. The number of rotatable bonds is 6. The highest BCUT2D eigenvalue weighted by atomic mass is 32.1. The summed E-state index contributed by atoms with van der Waals surface area (Å²) >= 11 is 1.40. The summed E-state index contributed by atoms with van der Waals surface area (Å²) in [6.07, 6.45) is 4.43. The van der Waals surface area contributed by atoms with Crippen LogP contribution < -0.4 is 10.6 Å². The fourth-order valence-electron chi connectivity index (χ4n) is 2.77. The van der Waals surface area contributed by atoms with E-state index in [1.165, 1.54) is 11.3 Å². The van der Waals surface area contributed by atoms with E-state index < -0.39 is 5.92 Å². The third-order valence-electron chi connectivity index (χ3n) is 4.01. The zero-order valence-electron chi connectivity index (χ0n) is 13.5. The maximum atomic E-state index is 12.6. The minimum absolute atomic E-state index is 0.144. The van der Waals surface area contributed by atoms with Gasteiger partial charge in [0.2, 0.25) is 16.9 Å². The number of hydrogen-bond acceptors (Lipinski definition) is 5. The standard InChI is InChI=1S/C17H20N4O2S/c1-2-3-4-9-15-20-21-17(24-15)19-16(23)12-10-14(22)18-13-8-6-5-7-11(12)13/h5-8,12H,2-4,9-10H2,1H3,(H,18,22)(H,19,21,23)/t12-/m0/s1. The monoisotopic (exact) mass is 344 g/mol. The number of benzene rings is 1. The molecule has 0 spiro atoms. The number of carbonyl (C=O) groups is 2. The first-order chi connectivity index (χ1) is 11.7. The van der Waals surface area contributed by atoms with Gasteiger partial charge in [0, 0.05) is 18.5 Å². The molecule has 24 heavy (non-hydrogen) atoms. The quantitative estimate of drug-likeness (QED) is 0.787. The van der Waals surface area contributed by atoms with Gasteiger partial charge in [-0.25, -0.2) is 0 Å². The molecule has 2 N–H and O–H groups in total. The smallest absolute Gasteiger partial charge is 0.234 e. The van der Waals surface area contributed by atoms with E-state index in [0.717, 1.165) is 36.3 Å². The molecule has 7 heteroatoms. The van der Waals surface area contributed by atoms with Gasteiger partial charge in [0.05, 0.1) is 5.92 Å². The van der Waals surface area contributed by atoms with E-state index in [4.69, 9.17) is 0 Å². The Kier molecular flexibility index (Phi) is 5.20. The maximum absolute atomic E-state index is 12.6. The predicted molar refractivity (Wildman–Crippen MR) is 94.2 cm³/mol. The van der Waals surface area contributed by atoms with Gasteiger partial charge in [-0.1, -0.05) is 49.3 Å². The molecule has 0 bridgehead atoms. The van der Waals surface area contributed by atoms with Crippen LogP contribution in [0.1, 0.15) is 49.1 Å². The predicted octanol–water partition coefficient (Wildman–Crippen LogP) is 3.34. The molecular weight excluding hydrogens is 324 g/mol. The van der Waals surface area contributed by atoms with Gasteiger partial charge in [0.15, 0.2) is 0 Å². The average molecular weight is 344 g/mol. The SMILES string of the molecule is CCCCCc1nnc(NC(=O)[C@H]2CC(=O)Nc3ccccc32)s1. The molecule has 6 nitrogen and oxygen atoms in total. The fraction of sp³-hybridized carbons (Fsp3) is 0.412. The van der Waals surface area contributed by atoms with E-state index in [9.17, 15) is 9.59 Å². The van der Waals surface area contributed by atoms with Crippen molar-refractivity contribution in [3.05, 3.63) is 34.8 Å². The number of unbranched alkanes of at least 4 members (excludes halogenated alkanes) is 2. The highest BCUT2D eigenvalue weighted by Crippen LogP contribution is 2.33. The van der Waals surface area contributed by atoms with Crippen molar-refractivity contribution in [1.82, 2.24) is 10.2 Å². The van der Waals surface area contributed by atoms with Crippen LogP contribution in [0.4, 0.5) is 10.8 Å². The van der Waals surface area contributed by atoms with Gasteiger partial charge in [-0.15, -0.1) is 10.2 Å². The molecule has 2 amide bonds. The molecule has 3 rings (SSSR count). The molecular formula is C17H20N4O2S. The van der Waals surface area contributed by atoms with Crippen molar-refractivity contribution in [2.24, 2.45) is 0 Å². The topological polar surface area (TPSA) is 84.0 Å². The van der Waals surface area contributed by atoms with Crippen LogP contribution in [0.15, 0.2) is 24.3 Å². The van der Waals surface area contributed by atoms with Crippen molar-refractivity contribution in [2.45, 2.75) is 44.9 Å². The van der Waals surface area contributed by atoms with E-state index in [-0.39, 0.29) is 18.2 Å². The first-order valence-corrected chi connectivity index (χ1v) is 9.01. The van der Waals surface area contributed by atoms with E-state index in [0.29, 0.717) is 10.8 Å². The number of fused-ring (bicyclic) bond motifs is 1. The first kappa shape index (κ1) is 16.6. The number of amides is 2. The molecule has 2 aromatic rings. The summed E-state index contributed by atoms with van der Waals surface area (Å²) in [6.45, 7) is 2.16. The van der Waals surface area contributed by atoms with E-state index >= 15 is 0 Å². The lowest BCUT2D eigenvalue weighted by atomic mass is 9.90. The number of carbonyl (C=O) groups excluding carboxylic acids is 2. The number of aryl methyl sites for hydroxylation is 1. The lowest BCUT2D eigenvalue weighted by Crippen LogP contribution is -2.30. The van der Waals surface area contributed by atoms with Gasteiger partial charge >= 0.3 is 0 Å². The number of nitrogens with zero attached hydrogens (tertiary/aromatic N) is 2. The Hall–Kier alpha value is -2.28. The molecule has 126 valence electrons. The summed E-state index contributed by atoms with van der Waals surface area (Å²) in [7, 11) is 0. The Morgan fingerprint density at radius 2 is 2.17 bits per heavy atom. The van der Waals surface area contributed by atoms with Crippen molar-refractivity contribution in [1.29, 1.82) is 0 Å². The summed E-state index contributed by atoms with van der Waals surface area (Å²) in [5.41, 5.74) is 1.54. The summed E-state index contributed by atoms with van der Waals surface area (Å²) in [6, 6.07) is 7.39. The summed E-state index contributed by atoms with van der Waals surface area (Å²) in [5.74, 6) is -0.859. The van der Waals surface area contributed by atoms with Gasteiger partial charge in [-0.2, -0.15) is 0 Å².